The maximum atomic E-state index is 13.6. The molecule has 0 fully saturated rings. The molecule has 1 amide bonds. The summed E-state index contributed by atoms with van der Waals surface area (Å²) in [7, 11) is 0. The zero-order valence-electron chi connectivity index (χ0n) is 12.8. The molecule has 3 rings (SSSR count). The number of nitrogens with one attached hydrogen (secondary N) is 2. The molecule has 1 aromatic carbocycles. The van der Waals surface area contributed by atoms with E-state index in [2.05, 4.69) is 20.8 Å². The predicted molar refractivity (Wildman–Crippen MR) is 83.0 cm³/mol. The molecule has 0 spiro atoms. The zero-order chi connectivity index (χ0) is 18.0. The summed E-state index contributed by atoms with van der Waals surface area (Å²) in [5, 5.41) is 8.98. The normalized spacial score (nSPS) is 10.6. The van der Waals surface area contributed by atoms with E-state index in [0.29, 0.717) is 23.3 Å². The fraction of sp³-hybridized carbons (Fsp3) is 0.0625. The monoisotopic (exact) mass is 348 g/mol. The van der Waals surface area contributed by atoms with Gasteiger partial charge in [0.05, 0.1) is 17.4 Å². The first-order chi connectivity index (χ1) is 11.9. The van der Waals surface area contributed by atoms with Gasteiger partial charge in [0, 0.05) is 6.07 Å². The first-order valence-corrected chi connectivity index (χ1v) is 7.05. The van der Waals surface area contributed by atoms with Crippen LogP contribution in [0.4, 0.5) is 30.5 Å². The van der Waals surface area contributed by atoms with Crippen molar-refractivity contribution in [2.45, 2.75) is 6.92 Å². The molecule has 0 radical (unpaired) electrons. The molecule has 6 nitrogen and oxygen atoms in total. The Morgan fingerprint density at radius 2 is 1.88 bits per heavy atom. The van der Waals surface area contributed by atoms with Gasteiger partial charge >= 0.3 is 0 Å². The van der Waals surface area contributed by atoms with Crippen LogP contribution in [0.1, 0.15) is 16.1 Å². The van der Waals surface area contributed by atoms with Crippen LogP contribution in [0.3, 0.4) is 0 Å². The molecule has 0 saturated carbocycles. The number of aryl methyl sites for hydroxylation is 1. The molecule has 0 aliphatic heterocycles. The highest BCUT2D eigenvalue weighted by Crippen LogP contribution is 2.19. The van der Waals surface area contributed by atoms with Gasteiger partial charge in [-0.25, -0.2) is 18.2 Å². The van der Waals surface area contributed by atoms with E-state index >= 15 is 0 Å². The van der Waals surface area contributed by atoms with Crippen LogP contribution in [0.15, 0.2) is 41.1 Å². The van der Waals surface area contributed by atoms with Gasteiger partial charge in [0.1, 0.15) is 11.6 Å². The lowest BCUT2D eigenvalue weighted by Crippen LogP contribution is -2.16. The van der Waals surface area contributed by atoms with Crippen molar-refractivity contribution in [2.75, 3.05) is 10.6 Å². The number of aromatic nitrogens is 2. The Morgan fingerprint density at radius 1 is 1.08 bits per heavy atom. The molecule has 2 heterocycles. The van der Waals surface area contributed by atoms with Crippen LogP contribution in [0.25, 0.3) is 0 Å². The molecule has 9 heteroatoms. The number of hydrogen-bond acceptors (Lipinski definition) is 5. The van der Waals surface area contributed by atoms with Gasteiger partial charge in [-0.2, -0.15) is 0 Å². The van der Waals surface area contributed by atoms with Crippen LogP contribution in [0.2, 0.25) is 0 Å². The average Bonchev–Trinajstić information content (AvgIpc) is 2.99. The Balaban J connectivity index is 1.71. The molecule has 0 unspecified atom stereocenters. The fourth-order valence-corrected chi connectivity index (χ4v) is 2.00. The van der Waals surface area contributed by atoms with Crippen LogP contribution in [-0.4, -0.2) is 16.0 Å². The van der Waals surface area contributed by atoms with Crippen molar-refractivity contribution in [1.82, 2.24) is 10.1 Å². The summed E-state index contributed by atoms with van der Waals surface area (Å²) in [6.07, 6.45) is 1.40. The summed E-state index contributed by atoms with van der Waals surface area (Å²) in [4.78, 5) is 15.9. The maximum Gasteiger partial charge on any atom is 0.259 e. The molecule has 2 aromatic heterocycles. The summed E-state index contributed by atoms with van der Waals surface area (Å²) in [5.41, 5.74) is -0.0497. The van der Waals surface area contributed by atoms with Crippen molar-refractivity contribution in [1.29, 1.82) is 0 Å². The zero-order valence-corrected chi connectivity index (χ0v) is 12.8. The molecule has 128 valence electrons. The van der Waals surface area contributed by atoms with E-state index in [1.165, 1.54) is 12.3 Å². The lowest BCUT2D eigenvalue weighted by molar-refractivity contribution is 0.102. The second-order valence-electron chi connectivity index (χ2n) is 5.06. The van der Waals surface area contributed by atoms with Crippen LogP contribution < -0.4 is 10.6 Å². The lowest BCUT2D eigenvalue weighted by atomic mass is 10.2. The number of halogens is 3. The molecule has 0 aliphatic rings. The van der Waals surface area contributed by atoms with Crippen molar-refractivity contribution >= 4 is 23.2 Å². The number of pyridine rings is 1. The van der Waals surface area contributed by atoms with E-state index in [1.807, 2.05) is 0 Å². The highest BCUT2D eigenvalue weighted by molar-refractivity contribution is 6.04. The van der Waals surface area contributed by atoms with Crippen LogP contribution in [0.5, 0.6) is 0 Å². The number of rotatable bonds is 4. The van der Waals surface area contributed by atoms with Crippen molar-refractivity contribution in [3.05, 3.63) is 65.3 Å². The van der Waals surface area contributed by atoms with Crippen molar-refractivity contribution < 1.29 is 22.5 Å². The minimum Gasteiger partial charge on any atom is -0.360 e. The van der Waals surface area contributed by atoms with Gasteiger partial charge in [0.15, 0.2) is 23.3 Å². The highest BCUT2D eigenvalue weighted by Gasteiger charge is 2.19. The number of nitrogens with zero attached hydrogens (tertiary/aromatic N) is 2. The third-order valence-electron chi connectivity index (χ3n) is 3.19. The topological polar surface area (TPSA) is 80.0 Å². The molecular weight excluding hydrogens is 337 g/mol. The van der Waals surface area contributed by atoms with E-state index < -0.39 is 28.9 Å². The average molecular weight is 348 g/mol. The predicted octanol–water partition coefficient (Wildman–Crippen LogP) is 3.79. The molecule has 0 atom stereocenters. The molecule has 25 heavy (non-hydrogen) atoms. The van der Waals surface area contributed by atoms with Gasteiger partial charge in [-0.3, -0.25) is 4.79 Å². The number of anilines is 3. The van der Waals surface area contributed by atoms with Gasteiger partial charge in [0.25, 0.3) is 5.91 Å². The fourth-order valence-electron chi connectivity index (χ4n) is 2.00. The maximum absolute atomic E-state index is 13.6. The molecule has 0 aliphatic carbocycles. The van der Waals surface area contributed by atoms with E-state index in [-0.39, 0.29) is 5.82 Å². The van der Waals surface area contributed by atoms with E-state index in [9.17, 15) is 18.0 Å². The standard InChI is InChI=1S/C16H11F3N4O2/c1-8-6-13(23-25-8)21-9-2-5-12(20-7-9)22-16(24)10-3-4-11(17)15(19)14(10)18/h2-7H,1H3,(H,21,23)(H,20,22,24). The number of benzene rings is 1. The van der Waals surface area contributed by atoms with Gasteiger partial charge in [0.2, 0.25) is 0 Å². The third kappa shape index (κ3) is 3.60. The third-order valence-corrected chi connectivity index (χ3v) is 3.19. The molecule has 2 N–H and O–H groups in total. The minimum absolute atomic E-state index is 0.107. The Hall–Kier alpha value is -3.36. The number of amides is 1. The lowest BCUT2D eigenvalue weighted by Gasteiger charge is -2.07. The van der Waals surface area contributed by atoms with Crippen LogP contribution in [0, 0.1) is 24.4 Å². The summed E-state index contributed by atoms with van der Waals surface area (Å²) in [6.45, 7) is 1.74. The number of carbonyl (C=O) groups excluding carboxylic acids is 1. The van der Waals surface area contributed by atoms with Gasteiger partial charge in [-0.05, 0) is 31.2 Å². The number of hydrogen-bond donors (Lipinski definition) is 2. The Kier molecular flexibility index (Phi) is 4.38. The van der Waals surface area contributed by atoms with Crippen molar-refractivity contribution in [2.24, 2.45) is 0 Å². The smallest absolute Gasteiger partial charge is 0.259 e. The Labute approximate surface area is 139 Å². The van der Waals surface area contributed by atoms with Gasteiger partial charge < -0.3 is 15.2 Å². The van der Waals surface area contributed by atoms with E-state index in [0.717, 1.165) is 6.07 Å². The molecule has 3 aromatic rings. The van der Waals surface area contributed by atoms with Crippen LogP contribution >= 0.6 is 0 Å². The Morgan fingerprint density at radius 3 is 2.52 bits per heavy atom. The first kappa shape index (κ1) is 16.5. The SMILES string of the molecule is Cc1cc(Nc2ccc(NC(=O)c3ccc(F)c(F)c3F)nc2)no1. The highest BCUT2D eigenvalue weighted by atomic mass is 19.2. The molecule has 0 saturated heterocycles. The first-order valence-electron chi connectivity index (χ1n) is 7.05. The summed E-state index contributed by atoms with van der Waals surface area (Å²) in [6, 6.07) is 6.25. The van der Waals surface area contributed by atoms with E-state index in [4.69, 9.17) is 4.52 Å². The quantitative estimate of drug-likeness (QED) is 0.701. The van der Waals surface area contributed by atoms with Gasteiger partial charge in [-0.15, -0.1) is 0 Å². The Bertz CT molecular complexity index is 926. The number of carbonyl (C=O) groups is 1. The van der Waals surface area contributed by atoms with Gasteiger partial charge in [-0.1, -0.05) is 5.16 Å². The summed E-state index contributed by atoms with van der Waals surface area (Å²) in [5.74, 6) is -4.36. The minimum atomic E-state index is -1.71. The largest absolute Gasteiger partial charge is 0.360 e. The second kappa shape index (κ2) is 6.63. The van der Waals surface area contributed by atoms with Crippen LogP contribution in [-0.2, 0) is 0 Å². The van der Waals surface area contributed by atoms with Crippen molar-refractivity contribution in [3.63, 3.8) is 0 Å². The summed E-state index contributed by atoms with van der Waals surface area (Å²) >= 11 is 0. The second-order valence-corrected chi connectivity index (χ2v) is 5.06. The van der Waals surface area contributed by atoms with E-state index in [1.54, 1.807) is 19.1 Å². The summed E-state index contributed by atoms with van der Waals surface area (Å²) < 4.78 is 44.6. The molecular formula is C16H11F3N4O2. The molecule has 0 bridgehead atoms. The van der Waals surface area contributed by atoms with Crippen molar-refractivity contribution in [3.8, 4) is 0 Å².